The van der Waals surface area contributed by atoms with Crippen molar-refractivity contribution in [2.24, 2.45) is 23.5 Å². The highest BCUT2D eigenvalue weighted by atomic mass is 19.1. The Hall–Kier alpha value is -3.66. The van der Waals surface area contributed by atoms with Crippen molar-refractivity contribution in [1.82, 2.24) is 20.0 Å². The average Bonchev–Trinajstić information content (AvgIpc) is 3.66. The minimum atomic E-state index is -0.714. The first-order valence-corrected chi connectivity index (χ1v) is 12.5. The molecule has 0 amide bonds. The largest absolute Gasteiger partial charge is 0.441 e. The summed E-state index contributed by atoms with van der Waals surface area (Å²) in [5.41, 5.74) is 16.1. The molecule has 0 saturated heterocycles. The van der Waals surface area contributed by atoms with Gasteiger partial charge in [-0.05, 0) is 73.1 Å². The van der Waals surface area contributed by atoms with Crippen molar-refractivity contribution in [2.45, 2.75) is 50.9 Å². The lowest BCUT2D eigenvalue weighted by atomic mass is 9.67. The molecule has 4 aromatic rings. The molecule has 3 unspecified atom stereocenters. The number of rotatable bonds is 4. The summed E-state index contributed by atoms with van der Waals surface area (Å²) < 4.78 is 22.2. The number of nitrogen functional groups attached to an aromatic ring is 1. The quantitative estimate of drug-likeness (QED) is 0.320. The molecular formula is C26H28FN7O2. The smallest absolute Gasteiger partial charge is 0.324 e. The number of anilines is 2. The third-order valence-electron chi connectivity index (χ3n) is 8.60. The molecule has 6 N–H and O–H groups in total. The third kappa shape index (κ3) is 3.00. The van der Waals surface area contributed by atoms with E-state index in [4.69, 9.17) is 16.2 Å². The number of aromatic nitrogens is 4. The van der Waals surface area contributed by atoms with Crippen LogP contribution in [0.1, 0.15) is 49.3 Å². The van der Waals surface area contributed by atoms with Gasteiger partial charge in [-0.3, -0.25) is 9.89 Å². The maximum atomic E-state index is 15.4. The maximum absolute atomic E-state index is 15.4. The van der Waals surface area contributed by atoms with Crippen LogP contribution >= 0.6 is 0 Å². The molecule has 36 heavy (non-hydrogen) atoms. The molecule has 2 aliphatic carbocycles. The summed E-state index contributed by atoms with van der Waals surface area (Å²) in [4.78, 5) is 11.8. The fourth-order valence-electron chi connectivity index (χ4n) is 7.15. The summed E-state index contributed by atoms with van der Waals surface area (Å²) in [5.74, 6) is 1.39. The number of esters is 1. The average molecular weight is 490 g/mol. The van der Waals surface area contributed by atoms with E-state index < -0.39 is 12.0 Å². The van der Waals surface area contributed by atoms with Crippen LogP contribution in [-0.2, 0) is 16.3 Å². The van der Waals surface area contributed by atoms with Gasteiger partial charge < -0.3 is 21.5 Å². The molecule has 10 heteroatoms. The van der Waals surface area contributed by atoms with E-state index in [0.29, 0.717) is 29.3 Å². The minimum absolute atomic E-state index is 0.0419. The molecule has 0 spiro atoms. The highest BCUT2D eigenvalue weighted by Crippen LogP contribution is 2.64. The Bertz CT molecular complexity index is 1530. The van der Waals surface area contributed by atoms with Crippen LogP contribution in [-0.4, -0.2) is 32.0 Å². The standard InChI is InChI=1S/C26H28FN7O2/c1-11(28)26(35)36-10-34-19-5-4-14(7-15(19)25(29)33-34)23-21-13-3-2-12(6-13)20(21)22-16-9-30-32-18(16)8-17(27)24(22)31-23/h4-5,7-9,11-13,20-21,23,31H,2-3,6,10,28H2,1H3,(H2,29,33)(H,30,32)/t11?,12?,13?,20-,21+,23-/m0/s1. The molecule has 6 atom stereocenters. The molecule has 0 radical (unpaired) electrons. The van der Waals surface area contributed by atoms with Crippen LogP contribution in [0.2, 0.25) is 0 Å². The molecule has 3 aliphatic rings. The van der Waals surface area contributed by atoms with Gasteiger partial charge in [0.25, 0.3) is 0 Å². The van der Waals surface area contributed by atoms with Gasteiger partial charge in [-0.25, -0.2) is 9.07 Å². The number of carbonyl (C=O) groups excluding carboxylic acids is 1. The van der Waals surface area contributed by atoms with E-state index in [1.165, 1.54) is 25.3 Å². The second-order valence-corrected chi connectivity index (χ2v) is 10.6. The molecule has 9 nitrogen and oxygen atoms in total. The first kappa shape index (κ1) is 21.6. The van der Waals surface area contributed by atoms with Crippen LogP contribution in [0.5, 0.6) is 0 Å². The van der Waals surface area contributed by atoms with Crippen molar-refractivity contribution < 1.29 is 13.9 Å². The highest BCUT2D eigenvalue weighted by molar-refractivity contribution is 5.91. The van der Waals surface area contributed by atoms with Gasteiger partial charge in [-0.15, -0.1) is 0 Å². The topological polar surface area (TPSA) is 137 Å². The Morgan fingerprint density at radius 1 is 1.28 bits per heavy atom. The maximum Gasteiger partial charge on any atom is 0.324 e. The number of carbonyl (C=O) groups is 1. The van der Waals surface area contributed by atoms with E-state index in [-0.39, 0.29) is 24.5 Å². The first-order chi connectivity index (χ1) is 17.4. The lowest BCUT2D eigenvalue weighted by Crippen LogP contribution is -2.36. The fraction of sp³-hybridized carbons (Fsp3) is 0.423. The number of halogens is 1. The van der Waals surface area contributed by atoms with Crippen LogP contribution in [0.25, 0.3) is 21.8 Å². The van der Waals surface area contributed by atoms with Crippen molar-refractivity contribution in [3.05, 3.63) is 47.4 Å². The molecule has 2 saturated carbocycles. The lowest BCUT2D eigenvalue weighted by Gasteiger charge is -2.44. The summed E-state index contributed by atoms with van der Waals surface area (Å²) in [7, 11) is 0. The van der Waals surface area contributed by atoms with Crippen molar-refractivity contribution in [2.75, 3.05) is 11.1 Å². The molecule has 2 aromatic carbocycles. The molecule has 186 valence electrons. The molecule has 2 bridgehead atoms. The van der Waals surface area contributed by atoms with E-state index in [2.05, 4.69) is 20.6 Å². The van der Waals surface area contributed by atoms with Crippen molar-refractivity contribution in [3.63, 3.8) is 0 Å². The Balaban J connectivity index is 1.30. The van der Waals surface area contributed by atoms with Crippen LogP contribution in [0.4, 0.5) is 15.9 Å². The summed E-state index contributed by atoms with van der Waals surface area (Å²) in [5, 5.41) is 16.9. The van der Waals surface area contributed by atoms with Crippen molar-refractivity contribution in [1.29, 1.82) is 0 Å². The van der Waals surface area contributed by atoms with Gasteiger partial charge in [-0.2, -0.15) is 10.2 Å². The molecule has 3 heterocycles. The zero-order valence-corrected chi connectivity index (χ0v) is 19.9. The normalized spacial score (nSPS) is 27.1. The molecule has 2 fully saturated rings. The Morgan fingerprint density at radius 2 is 2.11 bits per heavy atom. The second-order valence-electron chi connectivity index (χ2n) is 10.6. The van der Waals surface area contributed by atoms with Gasteiger partial charge in [0.1, 0.15) is 11.9 Å². The predicted molar refractivity (Wildman–Crippen MR) is 133 cm³/mol. The third-order valence-corrected chi connectivity index (χ3v) is 8.60. The Kier molecular flexibility index (Phi) is 4.60. The minimum Gasteiger partial charge on any atom is -0.441 e. The number of nitrogens with one attached hydrogen (secondary N) is 2. The number of nitrogens with two attached hydrogens (primary N) is 2. The SMILES string of the molecule is CC(N)C(=O)OCn1nc(N)c2cc([C@@H]3Nc4c(F)cc5[nH]ncc5c4[C@H]4C5CCC(C5)[C@@H]34)ccc21. The van der Waals surface area contributed by atoms with E-state index in [1.807, 2.05) is 24.4 Å². The van der Waals surface area contributed by atoms with Crippen LogP contribution < -0.4 is 16.8 Å². The summed E-state index contributed by atoms with van der Waals surface area (Å²) in [6.45, 7) is 1.51. The van der Waals surface area contributed by atoms with Crippen LogP contribution in [0, 0.1) is 23.6 Å². The highest BCUT2D eigenvalue weighted by Gasteiger charge is 2.54. The molecule has 2 aromatic heterocycles. The Labute approximate surface area is 206 Å². The van der Waals surface area contributed by atoms with E-state index >= 15 is 4.39 Å². The van der Waals surface area contributed by atoms with Crippen LogP contribution in [0.15, 0.2) is 30.5 Å². The number of aromatic amines is 1. The van der Waals surface area contributed by atoms with Gasteiger partial charge >= 0.3 is 5.97 Å². The Morgan fingerprint density at radius 3 is 2.94 bits per heavy atom. The fourth-order valence-corrected chi connectivity index (χ4v) is 7.15. The zero-order valence-electron chi connectivity index (χ0n) is 19.9. The number of fused-ring (bicyclic) bond motifs is 10. The van der Waals surface area contributed by atoms with E-state index in [0.717, 1.165) is 32.9 Å². The number of nitrogens with zero attached hydrogens (tertiary/aromatic N) is 3. The lowest BCUT2D eigenvalue weighted by molar-refractivity contribution is -0.148. The van der Waals surface area contributed by atoms with Gasteiger partial charge in [0.15, 0.2) is 12.5 Å². The first-order valence-electron chi connectivity index (χ1n) is 12.5. The van der Waals surface area contributed by atoms with Gasteiger partial charge in [0.05, 0.1) is 29.0 Å². The predicted octanol–water partition coefficient (Wildman–Crippen LogP) is 3.78. The number of benzene rings is 2. The number of hydrogen-bond acceptors (Lipinski definition) is 7. The van der Waals surface area contributed by atoms with Gasteiger partial charge in [-0.1, -0.05) is 6.07 Å². The number of H-pyrrole nitrogens is 1. The molecular weight excluding hydrogens is 461 g/mol. The zero-order chi connectivity index (χ0) is 24.7. The molecule has 1 aliphatic heterocycles. The van der Waals surface area contributed by atoms with E-state index in [1.54, 1.807) is 11.6 Å². The molecule has 7 rings (SSSR count). The summed E-state index contributed by atoms with van der Waals surface area (Å²) in [6.07, 6.45) is 5.40. The number of hydrogen-bond donors (Lipinski definition) is 4. The van der Waals surface area contributed by atoms with Crippen LogP contribution in [0.3, 0.4) is 0 Å². The van der Waals surface area contributed by atoms with Gasteiger partial charge in [0, 0.05) is 16.8 Å². The van der Waals surface area contributed by atoms with Crippen molar-refractivity contribution >= 4 is 39.3 Å². The second kappa shape index (κ2) is 7.67. The number of ether oxygens (including phenoxy) is 1. The van der Waals surface area contributed by atoms with E-state index in [9.17, 15) is 4.79 Å². The summed E-state index contributed by atoms with van der Waals surface area (Å²) >= 11 is 0. The monoisotopic (exact) mass is 489 g/mol. The summed E-state index contributed by atoms with van der Waals surface area (Å²) in [6, 6.07) is 6.82. The van der Waals surface area contributed by atoms with Gasteiger partial charge in [0.2, 0.25) is 0 Å². The van der Waals surface area contributed by atoms with Crippen molar-refractivity contribution in [3.8, 4) is 0 Å².